The van der Waals surface area contributed by atoms with Crippen LogP contribution in [0.2, 0.25) is 0 Å². The predicted molar refractivity (Wildman–Crippen MR) is 70.6 cm³/mol. The molecule has 0 radical (unpaired) electrons. The second-order valence-corrected chi connectivity index (χ2v) is 5.25. The van der Waals surface area contributed by atoms with Crippen molar-refractivity contribution in [3.8, 4) is 0 Å². The van der Waals surface area contributed by atoms with Crippen LogP contribution in [-0.2, 0) is 17.6 Å². The van der Waals surface area contributed by atoms with Crippen molar-refractivity contribution in [2.24, 2.45) is 0 Å². The summed E-state index contributed by atoms with van der Waals surface area (Å²) in [5.41, 5.74) is 0. The third-order valence-corrected chi connectivity index (χ3v) is 3.23. The van der Waals surface area contributed by atoms with Gasteiger partial charge in [-0.2, -0.15) is 0 Å². The van der Waals surface area contributed by atoms with Crippen molar-refractivity contribution >= 4 is 0 Å². The van der Waals surface area contributed by atoms with Crippen LogP contribution in [-0.4, -0.2) is 30.3 Å². The van der Waals surface area contributed by atoms with E-state index in [1.807, 2.05) is 6.20 Å². The molecule has 18 heavy (non-hydrogen) atoms. The zero-order valence-corrected chi connectivity index (χ0v) is 11.4. The molecule has 1 N–H and O–H groups in total. The van der Waals surface area contributed by atoms with Crippen LogP contribution in [0.4, 0.5) is 0 Å². The second kappa shape index (κ2) is 6.90. The number of nitrogens with zero attached hydrogens (tertiary/aromatic N) is 1. The zero-order chi connectivity index (χ0) is 12.8. The lowest BCUT2D eigenvalue weighted by atomic mass is 10.1. The maximum atomic E-state index is 5.72. The van der Waals surface area contributed by atoms with Crippen molar-refractivity contribution in [2.45, 2.75) is 58.1 Å². The normalized spacial score (nSPS) is 19.8. The number of aryl methyl sites for hydroxylation is 1. The fourth-order valence-corrected chi connectivity index (χ4v) is 2.22. The molecule has 0 bridgehead atoms. The van der Waals surface area contributed by atoms with Crippen LogP contribution >= 0.6 is 0 Å². The first-order chi connectivity index (χ1) is 8.74. The molecule has 1 aromatic rings. The number of rotatable bonds is 7. The lowest BCUT2D eigenvalue weighted by molar-refractivity contribution is 0.103. The van der Waals surface area contributed by atoms with Gasteiger partial charge < -0.3 is 14.5 Å². The molecular weight excluding hydrogens is 228 g/mol. The van der Waals surface area contributed by atoms with E-state index in [9.17, 15) is 0 Å². The summed E-state index contributed by atoms with van der Waals surface area (Å²) in [6.07, 6.45) is 7.54. The molecule has 1 aliphatic rings. The molecular formula is C14H24N2O2. The molecule has 2 rings (SSSR count). The van der Waals surface area contributed by atoms with Crippen LogP contribution in [0.15, 0.2) is 10.6 Å². The smallest absolute Gasteiger partial charge is 0.195 e. The molecule has 1 aliphatic heterocycles. The van der Waals surface area contributed by atoms with E-state index in [4.69, 9.17) is 9.15 Å². The minimum absolute atomic E-state index is 0.432. The molecule has 1 fully saturated rings. The summed E-state index contributed by atoms with van der Waals surface area (Å²) in [6.45, 7) is 6.13. The summed E-state index contributed by atoms with van der Waals surface area (Å²) in [5.74, 6) is 1.83. The summed E-state index contributed by atoms with van der Waals surface area (Å²) < 4.78 is 11.3. The second-order valence-electron chi connectivity index (χ2n) is 5.25. The van der Waals surface area contributed by atoms with Gasteiger partial charge in [-0.15, -0.1) is 0 Å². The van der Waals surface area contributed by atoms with Gasteiger partial charge in [-0.1, -0.05) is 13.8 Å². The highest BCUT2D eigenvalue weighted by atomic mass is 16.5. The van der Waals surface area contributed by atoms with Gasteiger partial charge in [-0.3, -0.25) is 0 Å². The summed E-state index contributed by atoms with van der Waals surface area (Å²) in [6, 6.07) is 0.513. The van der Waals surface area contributed by atoms with E-state index < -0.39 is 0 Å². The number of ether oxygens (including phenoxy) is 1. The SMILES string of the molecule is CC(C)NCCc1ncc(CCC2CCCO2)o1. The van der Waals surface area contributed by atoms with E-state index in [-0.39, 0.29) is 0 Å². The maximum Gasteiger partial charge on any atom is 0.195 e. The molecule has 0 spiro atoms. The Morgan fingerprint density at radius 2 is 2.33 bits per heavy atom. The number of oxazole rings is 1. The first-order valence-corrected chi connectivity index (χ1v) is 7.02. The van der Waals surface area contributed by atoms with Crippen LogP contribution in [0.25, 0.3) is 0 Å². The lowest BCUT2D eigenvalue weighted by Crippen LogP contribution is -2.24. The first kappa shape index (κ1) is 13.6. The Labute approximate surface area is 109 Å². The molecule has 2 heterocycles. The average molecular weight is 252 g/mol. The highest BCUT2D eigenvalue weighted by molar-refractivity contribution is 4.95. The van der Waals surface area contributed by atoms with Gasteiger partial charge in [0.1, 0.15) is 5.76 Å². The van der Waals surface area contributed by atoms with Crippen molar-refractivity contribution in [1.82, 2.24) is 10.3 Å². The van der Waals surface area contributed by atoms with E-state index in [2.05, 4.69) is 24.1 Å². The van der Waals surface area contributed by atoms with Gasteiger partial charge in [0.2, 0.25) is 0 Å². The van der Waals surface area contributed by atoms with Crippen LogP contribution in [0.5, 0.6) is 0 Å². The van der Waals surface area contributed by atoms with E-state index in [0.29, 0.717) is 12.1 Å². The van der Waals surface area contributed by atoms with Crippen LogP contribution < -0.4 is 5.32 Å². The Kier molecular flexibility index (Phi) is 5.20. The minimum atomic E-state index is 0.432. The summed E-state index contributed by atoms with van der Waals surface area (Å²) in [7, 11) is 0. The molecule has 102 valence electrons. The monoisotopic (exact) mass is 252 g/mol. The highest BCUT2D eigenvalue weighted by Crippen LogP contribution is 2.18. The Morgan fingerprint density at radius 1 is 1.44 bits per heavy atom. The first-order valence-electron chi connectivity index (χ1n) is 7.02. The van der Waals surface area contributed by atoms with Gasteiger partial charge in [-0.25, -0.2) is 4.98 Å². The molecule has 4 heteroatoms. The fourth-order valence-electron chi connectivity index (χ4n) is 2.22. The molecule has 1 aromatic heterocycles. The minimum Gasteiger partial charge on any atom is -0.446 e. The van der Waals surface area contributed by atoms with Gasteiger partial charge in [0.25, 0.3) is 0 Å². The number of hydrogen-bond acceptors (Lipinski definition) is 4. The van der Waals surface area contributed by atoms with Gasteiger partial charge in [-0.05, 0) is 19.3 Å². The standard InChI is InChI=1S/C14H24N2O2/c1-11(2)15-8-7-14-16-10-13(18-14)6-5-12-4-3-9-17-12/h10-12,15H,3-9H2,1-2H3. The Bertz CT molecular complexity index is 343. The van der Waals surface area contributed by atoms with Crippen molar-refractivity contribution in [3.63, 3.8) is 0 Å². The summed E-state index contributed by atoms with van der Waals surface area (Å²) in [5, 5.41) is 3.36. The Balaban J connectivity index is 1.68. The van der Waals surface area contributed by atoms with Gasteiger partial charge >= 0.3 is 0 Å². The molecule has 1 atom stereocenters. The number of aromatic nitrogens is 1. The third kappa shape index (κ3) is 4.42. The predicted octanol–water partition coefficient (Wildman–Crippen LogP) is 2.33. The zero-order valence-electron chi connectivity index (χ0n) is 11.4. The molecule has 0 saturated carbocycles. The maximum absolute atomic E-state index is 5.72. The highest BCUT2D eigenvalue weighted by Gasteiger charge is 2.16. The molecule has 1 unspecified atom stereocenters. The van der Waals surface area contributed by atoms with Crippen LogP contribution in [0.3, 0.4) is 0 Å². The van der Waals surface area contributed by atoms with Crippen LogP contribution in [0.1, 0.15) is 44.8 Å². The fraction of sp³-hybridized carbons (Fsp3) is 0.786. The van der Waals surface area contributed by atoms with Gasteiger partial charge in [0.05, 0.1) is 12.3 Å². The van der Waals surface area contributed by atoms with Crippen LogP contribution in [0, 0.1) is 0 Å². The third-order valence-electron chi connectivity index (χ3n) is 3.23. The van der Waals surface area contributed by atoms with E-state index in [1.54, 1.807) is 0 Å². The van der Waals surface area contributed by atoms with Gasteiger partial charge in [0, 0.05) is 32.0 Å². The van der Waals surface area contributed by atoms with Crippen molar-refractivity contribution in [3.05, 3.63) is 17.8 Å². The van der Waals surface area contributed by atoms with E-state index >= 15 is 0 Å². The number of nitrogens with one attached hydrogen (secondary N) is 1. The van der Waals surface area contributed by atoms with Crippen molar-refractivity contribution < 1.29 is 9.15 Å². The molecule has 0 aliphatic carbocycles. The quantitative estimate of drug-likeness (QED) is 0.809. The molecule has 0 amide bonds. The van der Waals surface area contributed by atoms with Crippen molar-refractivity contribution in [2.75, 3.05) is 13.2 Å². The Morgan fingerprint density at radius 3 is 3.06 bits per heavy atom. The topological polar surface area (TPSA) is 47.3 Å². The average Bonchev–Trinajstić information content (AvgIpc) is 2.96. The molecule has 1 saturated heterocycles. The molecule has 4 nitrogen and oxygen atoms in total. The van der Waals surface area contributed by atoms with E-state index in [0.717, 1.165) is 44.1 Å². The largest absolute Gasteiger partial charge is 0.446 e. The van der Waals surface area contributed by atoms with Crippen molar-refractivity contribution in [1.29, 1.82) is 0 Å². The lowest BCUT2D eigenvalue weighted by Gasteiger charge is -2.06. The number of hydrogen-bond donors (Lipinski definition) is 1. The van der Waals surface area contributed by atoms with Gasteiger partial charge in [0.15, 0.2) is 5.89 Å². The summed E-state index contributed by atoms with van der Waals surface area (Å²) >= 11 is 0. The Hall–Kier alpha value is -0.870. The summed E-state index contributed by atoms with van der Waals surface area (Å²) in [4.78, 5) is 4.31. The van der Waals surface area contributed by atoms with E-state index in [1.165, 1.54) is 12.8 Å². The molecule has 0 aromatic carbocycles.